The Hall–Kier alpha value is -4.54. The molecule has 1 saturated heterocycles. The molecule has 1 fully saturated rings. The van der Waals surface area contributed by atoms with Crippen LogP contribution in [0.25, 0.3) is 21.2 Å². The largest absolute Gasteiger partial charge is 0.460 e. The van der Waals surface area contributed by atoms with E-state index in [1.807, 2.05) is 85.8 Å². The molecule has 0 aromatic heterocycles. The highest BCUT2D eigenvalue weighted by Gasteiger charge is 2.46. The summed E-state index contributed by atoms with van der Waals surface area (Å²) in [4.78, 5) is 16.2. The van der Waals surface area contributed by atoms with Crippen molar-refractivity contribution in [2.45, 2.75) is 82.6 Å². The minimum Gasteiger partial charge on any atom is -0.460 e. The number of fused-ring (bicyclic) bond motifs is 1. The second-order valence-electron chi connectivity index (χ2n) is 12.3. The molecule has 0 aliphatic carbocycles. The summed E-state index contributed by atoms with van der Waals surface area (Å²) in [5, 5.41) is 9.70. The summed E-state index contributed by atoms with van der Waals surface area (Å²) in [6, 6.07) is 32.7. The molecule has 1 heterocycles. The van der Waals surface area contributed by atoms with E-state index in [-0.39, 0.29) is 19.2 Å². The molecule has 6 atom stereocenters. The zero-order valence-corrected chi connectivity index (χ0v) is 28.5. The molecule has 10 heteroatoms. The Morgan fingerprint density at radius 3 is 2.34 bits per heavy atom. The standard InChI is InChI=1S/C40H46N4O6/c1-3-23-46-38-36(43-44-41)40(50-29(2)37(38)48-28-32-21-22-33-18-10-11-19-34(33)25-32)47-24-13-12-20-35(42-26-30-14-6-4-7-15-30)39(45)49-27-31-16-8-5-9-17-31/h3-11,14-19,21-22,25,29,35-38,40,42H,1,12-13,20,23-24,26-28H2,2H3/t29-,35?,36-,37+,38-,40-/m1/s1. The molecule has 0 spiro atoms. The summed E-state index contributed by atoms with van der Waals surface area (Å²) in [5.74, 6) is -0.296. The maximum atomic E-state index is 13.1. The molecule has 50 heavy (non-hydrogen) atoms. The van der Waals surface area contributed by atoms with Crippen LogP contribution >= 0.6 is 0 Å². The monoisotopic (exact) mass is 678 g/mol. The SMILES string of the molecule is C=CCO[C@@H]1[C@@H](N=[N+]=[N-])[C@H](OCCCCC(NCc2ccccc2)C(=O)OCc2ccccc2)O[C@H](C)[C@@H]1OCc1ccc2ccccc2c1. The van der Waals surface area contributed by atoms with Gasteiger partial charge in [0.1, 0.15) is 30.9 Å². The number of unbranched alkanes of at least 4 members (excludes halogenated alkanes) is 1. The number of rotatable bonds is 19. The van der Waals surface area contributed by atoms with Crippen molar-refractivity contribution in [1.29, 1.82) is 0 Å². The van der Waals surface area contributed by atoms with Crippen molar-refractivity contribution in [1.82, 2.24) is 5.32 Å². The van der Waals surface area contributed by atoms with Crippen molar-refractivity contribution < 1.29 is 28.5 Å². The van der Waals surface area contributed by atoms with Crippen LogP contribution in [0.4, 0.5) is 0 Å². The molecule has 0 radical (unpaired) electrons. The zero-order valence-electron chi connectivity index (χ0n) is 28.5. The molecule has 0 amide bonds. The first-order valence-corrected chi connectivity index (χ1v) is 17.2. The molecule has 1 aliphatic heterocycles. The maximum Gasteiger partial charge on any atom is 0.323 e. The molecular weight excluding hydrogens is 632 g/mol. The molecule has 0 saturated carbocycles. The second-order valence-corrected chi connectivity index (χ2v) is 12.3. The van der Waals surface area contributed by atoms with Crippen LogP contribution in [-0.2, 0) is 48.2 Å². The van der Waals surface area contributed by atoms with Gasteiger partial charge in [-0.25, -0.2) is 0 Å². The first kappa shape index (κ1) is 36.7. The third-order valence-corrected chi connectivity index (χ3v) is 8.67. The predicted molar refractivity (Wildman–Crippen MR) is 193 cm³/mol. The van der Waals surface area contributed by atoms with E-state index < -0.39 is 36.7 Å². The molecule has 5 rings (SSSR count). The van der Waals surface area contributed by atoms with Gasteiger partial charge in [-0.05, 0) is 65.2 Å². The lowest BCUT2D eigenvalue weighted by Crippen LogP contribution is -2.58. The number of nitrogens with zero attached hydrogens (tertiary/aromatic N) is 3. The van der Waals surface area contributed by atoms with Gasteiger partial charge in [0, 0.05) is 18.1 Å². The number of carbonyl (C=O) groups is 1. The summed E-state index contributed by atoms with van der Waals surface area (Å²) >= 11 is 0. The fourth-order valence-electron chi connectivity index (χ4n) is 6.05. The van der Waals surface area contributed by atoms with Crippen LogP contribution in [0.5, 0.6) is 0 Å². The lowest BCUT2D eigenvalue weighted by molar-refractivity contribution is -0.271. The van der Waals surface area contributed by atoms with E-state index >= 15 is 0 Å². The van der Waals surface area contributed by atoms with Crippen molar-refractivity contribution in [3.8, 4) is 0 Å². The van der Waals surface area contributed by atoms with E-state index in [9.17, 15) is 10.3 Å². The van der Waals surface area contributed by atoms with Crippen molar-refractivity contribution in [3.63, 3.8) is 0 Å². The van der Waals surface area contributed by atoms with E-state index in [1.54, 1.807) is 6.08 Å². The lowest BCUT2D eigenvalue weighted by atomic mass is 9.97. The first-order chi connectivity index (χ1) is 24.6. The van der Waals surface area contributed by atoms with Crippen LogP contribution in [0.3, 0.4) is 0 Å². The third-order valence-electron chi connectivity index (χ3n) is 8.67. The van der Waals surface area contributed by atoms with Crippen LogP contribution in [0.15, 0.2) is 121 Å². The number of hydrogen-bond donors (Lipinski definition) is 1. The van der Waals surface area contributed by atoms with Gasteiger partial charge in [0.15, 0.2) is 6.29 Å². The number of nitrogens with one attached hydrogen (secondary N) is 1. The highest BCUT2D eigenvalue weighted by Crippen LogP contribution is 2.30. The van der Waals surface area contributed by atoms with E-state index in [2.05, 4.69) is 46.2 Å². The van der Waals surface area contributed by atoms with Gasteiger partial charge in [-0.3, -0.25) is 4.79 Å². The number of azide groups is 1. The molecule has 4 aromatic carbocycles. The summed E-state index contributed by atoms with van der Waals surface area (Å²) < 4.78 is 30.6. The third kappa shape index (κ3) is 10.7. The Morgan fingerprint density at radius 1 is 0.880 bits per heavy atom. The first-order valence-electron chi connectivity index (χ1n) is 17.2. The molecule has 1 aliphatic rings. The quantitative estimate of drug-likeness (QED) is 0.0268. The minimum absolute atomic E-state index is 0.215. The van der Waals surface area contributed by atoms with Crippen LogP contribution in [0.2, 0.25) is 0 Å². The Bertz CT molecular complexity index is 1680. The Labute approximate surface area is 294 Å². The van der Waals surface area contributed by atoms with Gasteiger partial charge in [-0.2, -0.15) is 0 Å². The van der Waals surface area contributed by atoms with Crippen molar-refractivity contribution in [2.24, 2.45) is 5.11 Å². The Balaban J connectivity index is 1.16. The number of esters is 1. The van der Waals surface area contributed by atoms with Crippen LogP contribution in [0, 0.1) is 0 Å². The van der Waals surface area contributed by atoms with Gasteiger partial charge in [0.05, 0.1) is 19.3 Å². The smallest absolute Gasteiger partial charge is 0.323 e. The number of benzene rings is 4. The molecule has 1 N–H and O–H groups in total. The molecule has 4 aromatic rings. The number of hydrogen-bond acceptors (Lipinski definition) is 8. The van der Waals surface area contributed by atoms with Crippen molar-refractivity contribution in [2.75, 3.05) is 13.2 Å². The maximum absolute atomic E-state index is 13.1. The van der Waals surface area contributed by atoms with Crippen molar-refractivity contribution in [3.05, 3.63) is 143 Å². The summed E-state index contributed by atoms with van der Waals surface area (Å²) in [7, 11) is 0. The number of ether oxygens (including phenoxy) is 5. The molecular formula is C40H46N4O6. The molecule has 0 bridgehead atoms. The van der Waals surface area contributed by atoms with Crippen molar-refractivity contribution >= 4 is 16.7 Å². The lowest BCUT2D eigenvalue weighted by Gasteiger charge is -2.43. The topological polar surface area (TPSA) is 124 Å². The summed E-state index contributed by atoms with van der Waals surface area (Å²) in [6.45, 7) is 7.35. The Kier molecular flexibility index (Phi) is 14.4. The fourth-order valence-corrected chi connectivity index (χ4v) is 6.05. The van der Waals surface area contributed by atoms with Gasteiger partial charge < -0.3 is 29.0 Å². The summed E-state index contributed by atoms with van der Waals surface area (Å²) in [5.41, 5.74) is 12.5. The minimum atomic E-state index is -0.834. The molecule has 262 valence electrons. The van der Waals surface area contributed by atoms with Gasteiger partial charge in [-0.15, -0.1) is 6.58 Å². The van der Waals surface area contributed by atoms with Crippen LogP contribution < -0.4 is 5.32 Å². The van der Waals surface area contributed by atoms with Gasteiger partial charge in [0.2, 0.25) is 0 Å². The Morgan fingerprint density at radius 2 is 1.60 bits per heavy atom. The number of carbonyl (C=O) groups excluding carboxylic acids is 1. The van der Waals surface area contributed by atoms with Crippen LogP contribution in [-0.4, -0.2) is 55.9 Å². The average Bonchev–Trinajstić information content (AvgIpc) is 3.15. The highest BCUT2D eigenvalue weighted by atomic mass is 16.7. The van der Waals surface area contributed by atoms with Gasteiger partial charge >= 0.3 is 5.97 Å². The predicted octanol–water partition coefficient (Wildman–Crippen LogP) is 7.81. The second kappa shape index (κ2) is 19.6. The van der Waals surface area contributed by atoms with Gasteiger partial charge in [-0.1, -0.05) is 108 Å². The fraction of sp³-hybridized carbons (Fsp3) is 0.375. The van der Waals surface area contributed by atoms with E-state index in [1.165, 1.54) is 0 Å². The normalized spacial score (nSPS) is 20.9. The highest BCUT2D eigenvalue weighted by molar-refractivity contribution is 5.83. The molecule has 10 nitrogen and oxygen atoms in total. The molecule has 1 unspecified atom stereocenters. The van der Waals surface area contributed by atoms with E-state index in [4.69, 9.17) is 23.7 Å². The zero-order chi connectivity index (χ0) is 35.0. The summed E-state index contributed by atoms with van der Waals surface area (Å²) in [6.07, 6.45) is 1.16. The van der Waals surface area contributed by atoms with Gasteiger partial charge in [0.25, 0.3) is 0 Å². The van der Waals surface area contributed by atoms with E-state index in [0.29, 0.717) is 39.0 Å². The average molecular weight is 679 g/mol. The van der Waals surface area contributed by atoms with E-state index in [0.717, 1.165) is 27.5 Å². The van der Waals surface area contributed by atoms with Crippen LogP contribution in [0.1, 0.15) is 42.9 Å².